The van der Waals surface area contributed by atoms with Gasteiger partial charge >= 0.3 is 0 Å². The van der Waals surface area contributed by atoms with Crippen molar-refractivity contribution in [2.24, 2.45) is 0 Å². The van der Waals surface area contributed by atoms with E-state index in [0.717, 1.165) is 5.56 Å². The molecule has 102 valence electrons. The molecule has 1 fully saturated rings. The summed E-state index contributed by atoms with van der Waals surface area (Å²) in [5.41, 5.74) is 0.991. The zero-order chi connectivity index (χ0) is 13.8. The molecule has 0 saturated carbocycles. The van der Waals surface area contributed by atoms with Gasteiger partial charge in [-0.3, -0.25) is 9.59 Å². The van der Waals surface area contributed by atoms with E-state index < -0.39 is 0 Å². The molecule has 0 spiro atoms. The summed E-state index contributed by atoms with van der Waals surface area (Å²) in [5.74, 6) is -0.0169. The molecule has 1 aliphatic heterocycles. The van der Waals surface area contributed by atoms with Crippen molar-refractivity contribution in [3.05, 3.63) is 34.9 Å². The third kappa shape index (κ3) is 3.26. The first-order valence-electron chi connectivity index (χ1n) is 6.43. The van der Waals surface area contributed by atoms with E-state index in [9.17, 15) is 9.59 Å². The number of rotatable bonds is 4. The predicted molar refractivity (Wildman–Crippen MR) is 73.7 cm³/mol. The number of amides is 2. The van der Waals surface area contributed by atoms with E-state index in [0.29, 0.717) is 31.0 Å². The van der Waals surface area contributed by atoms with Crippen LogP contribution in [0.5, 0.6) is 0 Å². The van der Waals surface area contributed by atoms with Gasteiger partial charge in [-0.15, -0.1) is 0 Å². The zero-order valence-electron chi connectivity index (χ0n) is 10.9. The Labute approximate surface area is 117 Å². The number of hydrogen-bond acceptors (Lipinski definition) is 2. The minimum absolute atomic E-state index is 0.0640. The van der Waals surface area contributed by atoms with Gasteiger partial charge in [-0.25, -0.2) is 0 Å². The van der Waals surface area contributed by atoms with E-state index in [1.807, 2.05) is 19.1 Å². The fraction of sp³-hybridized carbons (Fsp3) is 0.429. The fourth-order valence-corrected chi connectivity index (χ4v) is 2.44. The molecule has 2 rings (SSSR count). The van der Waals surface area contributed by atoms with Gasteiger partial charge in [0.15, 0.2) is 0 Å². The van der Waals surface area contributed by atoms with Gasteiger partial charge in [0.05, 0.1) is 0 Å². The quantitative estimate of drug-likeness (QED) is 0.917. The molecule has 4 nitrogen and oxygen atoms in total. The van der Waals surface area contributed by atoms with Crippen molar-refractivity contribution in [3.8, 4) is 0 Å². The lowest BCUT2D eigenvalue weighted by molar-refractivity contribution is -0.135. The number of benzene rings is 1. The van der Waals surface area contributed by atoms with Crippen LogP contribution in [-0.2, 0) is 16.1 Å². The summed E-state index contributed by atoms with van der Waals surface area (Å²) in [4.78, 5) is 25.3. The number of halogens is 1. The normalized spacial score (nSPS) is 18.7. The number of carbonyl (C=O) groups excluding carboxylic acids is 2. The maximum Gasteiger partial charge on any atom is 0.243 e. The molecule has 1 atom stereocenters. The average Bonchev–Trinajstić information content (AvgIpc) is 2.79. The van der Waals surface area contributed by atoms with E-state index >= 15 is 0 Å². The molecule has 0 aliphatic carbocycles. The molecule has 0 bridgehead atoms. The van der Waals surface area contributed by atoms with Crippen molar-refractivity contribution in [2.45, 2.75) is 32.4 Å². The van der Waals surface area contributed by atoms with Crippen LogP contribution in [0.3, 0.4) is 0 Å². The zero-order valence-corrected chi connectivity index (χ0v) is 11.6. The van der Waals surface area contributed by atoms with Crippen LogP contribution in [-0.4, -0.2) is 29.3 Å². The topological polar surface area (TPSA) is 49.4 Å². The van der Waals surface area contributed by atoms with Crippen LogP contribution in [0.15, 0.2) is 24.3 Å². The molecule has 1 N–H and O–H groups in total. The molecule has 2 amide bonds. The highest BCUT2D eigenvalue weighted by Crippen LogP contribution is 2.18. The third-order valence-electron chi connectivity index (χ3n) is 3.35. The van der Waals surface area contributed by atoms with Gasteiger partial charge in [0.1, 0.15) is 6.04 Å². The minimum Gasteiger partial charge on any atom is -0.350 e. The lowest BCUT2D eigenvalue weighted by Gasteiger charge is -2.22. The number of nitrogens with zero attached hydrogens (tertiary/aromatic N) is 1. The molecule has 1 aromatic carbocycles. The molecule has 0 unspecified atom stereocenters. The van der Waals surface area contributed by atoms with Gasteiger partial charge in [-0.2, -0.15) is 0 Å². The molecular formula is C14H17ClN2O2. The number of carbonyl (C=O) groups is 2. The second kappa shape index (κ2) is 6.06. The Morgan fingerprint density at radius 3 is 2.74 bits per heavy atom. The van der Waals surface area contributed by atoms with Crippen LogP contribution in [0, 0.1) is 0 Å². The molecule has 1 heterocycles. The van der Waals surface area contributed by atoms with Gasteiger partial charge in [-0.1, -0.05) is 23.7 Å². The average molecular weight is 281 g/mol. The van der Waals surface area contributed by atoms with Crippen LogP contribution in [0.4, 0.5) is 0 Å². The van der Waals surface area contributed by atoms with Gasteiger partial charge in [0.25, 0.3) is 0 Å². The van der Waals surface area contributed by atoms with Gasteiger partial charge in [-0.05, 0) is 31.0 Å². The highest BCUT2D eigenvalue weighted by atomic mass is 35.5. The van der Waals surface area contributed by atoms with Crippen LogP contribution < -0.4 is 5.32 Å². The highest BCUT2D eigenvalue weighted by Gasteiger charge is 2.34. The predicted octanol–water partition coefficient (Wildman–Crippen LogP) is 1.97. The van der Waals surface area contributed by atoms with E-state index in [-0.39, 0.29) is 17.9 Å². The van der Waals surface area contributed by atoms with Crippen molar-refractivity contribution in [1.82, 2.24) is 10.2 Å². The number of likely N-dealkylation sites (tertiary alicyclic amines) is 1. The molecular weight excluding hydrogens is 264 g/mol. The van der Waals surface area contributed by atoms with Crippen LogP contribution >= 0.6 is 11.6 Å². The van der Waals surface area contributed by atoms with Gasteiger partial charge in [0, 0.05) is 24.5 Å². The fourth-order valence-electron chi connectivity index (χ4n) is 2.31. The van der Waals surface area contributed by atoms with Gasteiger partial charge in [0.2, 0.25) is 11.8 Å². The van der Waals surface area contributed by atoms with E-state index in [4.69, 9.17) is 11.6 Å². The molecule has 1 aliphatic rings. The summed E-state index contributed by atoms with van der Waals surface area (Å²) >= 11 is 5.80. The lowest BCUT2D eigenvalue weighted by Crippen LogP contribution is -2.44. The Balaban J connectivity index is 1.91. The Morgan fingerprint density at radius 2 is 2.11 bits per heavy atom. The summed E-state index contributed by atoms with van der Waals surface area (Å²) in [6, 6.07) is 7.02. The molecule has 0 aromatic heterocycles. The summed E-state index contributed by atoms with van der Waals surface area (Å²) in [6.07, 6.45) is 1.08. The van der Waals surface area contributed by atoms with Crippen molar-refractivity contribution in [3.63, 3.8) is 0 Å². The van der Waals surface area contributed by atoms with Crippen LogP contribution in [0.2, 0.25) is 5.02 Å². The minimum atomic E-state index is -0.315. The number of likely N-dealkylation sites (N-methyl/N-ethyl adjacent to an activating group) is 1. The third-order valence-corrected chi connectivity index (χ3v) is 3.60. The first-order valence-corrected chi connectivity index (χ1v) is 6.81. The van der Waals surface area contributed by atoms with E-state index in [1.54, 1.807) is 17.0 Å². The first kappa shape index (κ1) is 13.9. The second-order valence-corrected chi connectivity index (χ2v) is 5.01. The van der Waals surface area contributed by atoms with Crippen molar-refractivity contribution in [2.75, 3.05) is 6.54 Å². The molecule has 5 heteroatoms. The van der Waals surface area contributed by atoms with Crippen molar-refractivity contribution >= 4 is 23.4 Å². The Hall–Kier alpha value is -1.55. The summed E-state index contributed by atoms with van der Waals surface area (Å²) in [6.45, 7) is 2.93. The van der Waals surface area contributed by atoms with Crippen molar-refractivity contribution in [1.29, 1.82) is 0 Å². The van der Waals surface area contributed by atoms with Crippen molar-refractivity contribution < 1.29 is 9.59 Å². The largest absolute Gasteiger partial charge is 0.350 e. The van der Waals surface area contributed by atoms with E-state index in [2.05, 4.69) is 5.32 Å². The summed E-state index contributed by atoms with van der Waals surface area (Å²) in [7, 11) is 0. The second-order valence-electron chi connectivity index (χ2n) is 4.58. The smallest absolute Gasteiger partial charge is 0.243 e. The Kier molecular flexibility index (Phi) is 4.43. The van der Waals surface area contributed by atoms with Crippen LogP contribution in [0.1, 0.15) is 25.3 Å². The molecule has 0 radical (unpaired) electrons. The number of hydrogen-bond donors (Lipinski definition) is 1. The SMILES string of the molecule is CCN1C(=O)CC[C@H]1C(=O)NCc1ccc(Cl)cc1. The monoisotopic (exact) mass is 280 g/mol. The van der Waals surface area contributed by atoms with Gasteiger partial charge < -0.3 is 10.2 Å². The summed E-state index contributed by atoms with van der Waals surface area (Å²) < 4.78 is 0. The maximum atomic E-state index is 12.1. The molecule has 1 saturated heterocycles. The van der Waals surface area contributed by atoms with E-state index in [1.165, 1.54) is 0 Å². The highest BCUT2D eigenvalue weighted by molar-refractivity contribution is 6.30. The molecule has 1 aromatic rings. The number of nitrogens with one attached hydrogen (secondary N) is 1. The maximum absolute atomic E-state index is 12.1. The Morgan fingerprint density at radius 1 is 1.42 bits per heavy atom. The Bertz CT molecular complexity index is 473. The standard InChI is InChI=1S/C14H17ClN2O2/c1-2-17-12(7-8-13(17)18)14(19)16-9-10-3-5-11(15)6-4-10/h3-6,12H,2,7-9H2,1H3,(H,16,19)/t12-/m0/s1. The first-order chi connectivity index (χ1) is 9.11. The lowest BCUT2D eigenvalue weighted by atomic mass is 10.2. The summed E-state index contributed by atoms with van der Waals surface area (Å²) in [5, 5.41) is 3.54. The molecule has 19 heavy (non-hydrogen) atoms. The van der Waals surface area contributed by atoms with Crippen LogP contribution in [0.25, 0.3) is 0 Å².